The van der Waals surface area contributed by atoms with Crippen molar-refractivity contribution in [3.63, 3.8) is 0 Å². The molecule has 0 saturated heterocycles. The number of nitrogens with zero attached hydrogens (tertiary/aromatic N) is 3. The van der Waals surface area contributed by atoms with Crippen molar-refractivity contribution in [1.29, 1.82) is 0 Å². The first-order valence-electron chi connectivity index (χ1n) is 13.3. The Morgan fingerprint density at radius 3 is 2.62 bits per heavy atom. The second-order valence-corrected chi connectivity index (χ2v) is 9.49. The van der Waals surface area contributed by atoms with Gasteiger partial charge in [0.05, 0.1) is 11.4 Å². The van der Waals surface area contributed by atoms with Gasteiger partial charge >= 0.3 is 6.09 Å². The highest BCUT2D eigenvalue weighted by Gasteiger charge is 2.30. The van der Waals surface area contributed by atoms with Crippen LogP contribution in [0.2, 0.25) is 0 Å². The summed E-state index contributed by atoms with van der Waals surface area (Å²) in [7, 11) is 2.96. The van der Waals surface area contributed by atoms with Gasteiger partial charge in [-0.2, -0.15) is 0 Å². The number of carbonyl (C=O) groups is 4. The van der Waals surface area contributed by atoms with Crippen molar-refractivity contribution in [2.24, 2.45) is 5.73 Å². The average Bonchev–Trinajstić information content (AvgIpc) is 3.79. The molecule has 40 heavy (non-hydrogen) atoms. The fourth-order valence-corrected chi connectivity index (χ4v) is 3.93. The van der Waals surface area contributed by atoms with Gasteiger partial charge in [-0.3, -0.25) is 14.4 Å². The van der Waals surface area contributed by atoms with Crippen molar-refractivity contribution < 1.29 is 23.9 Å². The van der Waals surface area contributed by atoms with E-state index in [2.05, 4.69) is 20.9 Å². The molecule has 12 nitrogen and oxygen atoms in total. The lowest BCUT2D eigenvalue weighted by molar-refractivity contribution is -0.135. The number of benzene rings is 1. The molecule has 1 fully saturated rings. The maximum absolute atomic E-state index is 12.6. The molecule has 12 heteroatoms. The molecule has 0 bridgehead atoms. The largest absolute Gasteiger partial charge is 0.445 e. The lowest BCUT2D eigenvalue weighted by Crippen LogP contribution is -2.45. The van der Waals surface area contributed by atoms with Crippen LogP contribution in [0.15, 0.2) is 36.4 Å². The van der Waals surface area contributed by atoms with Crippen LogP contribution in [0.4, 0.5) is 16.3 Å². The molecular weight excluding hydrogens is 514 g/mol. The summed E-state index contributed by atoms with van der Waals surface area (Å²) in [6, 6.07) is 6.86. The molecular formula is C28H37N7O5. The molecule has 1 saturated carbocycles. The summed E-state index contributed by atoms with van der Waals surface area (Å²) >= 11 is 0. The number of ether oxygens (including phenoxy) is 1. The number of likely N-dealkylation sites (N-methyl/N-ethyl adjacent to an activating group) is 1. The summed E-state index contributed by atoms with van der Waals surface area (Å²) in [4.78, 5) is 58.6. The van der Waals surface area contributed by atoms with E-state index in [1.54, 1.807) is 6.92 Å². The molecule has 1 heterocycles. The van der Waals surface area contributed by atoms with Crippen LogP contribution in [0.3, 0.4) is 0 Å². The molecule has 1 unspecified atom stereocenters. The van der Waals surface area contributed by atoms with Crippen molar-refractivity contribution in [1.82, 2.24) is 25.5 Å². The van der Waals surface area contributed by atoms with Crippen molar-refractivity contribution >= 4 is 35.3 Å². The van der Waals surface area contributed by atoms with Crippen LogP contribution in [0.25, 0.3) is 0 Å². The third-order valence-electron chi connectivity index (χ3n) is 6.52. The summed E-state index contributed by atoms with van der Waals surface area (Å²) < 4.78 is 4.79. The number of hydrogen-bond donors (Lipinski definition) is 4. The van der Waals surface area contributed by atoms with E-state index in [-0.39, 0.29) is 18.2 Å². The Labute approximate surface area is 233 Å². The Hall–Kier alpha value is -4.48. The molecule has 5 N–H and O–H groups in total. The monoisotopic (exact) mass is 551 g/mol. The van der Waals surface area contributed by atoms with Gasteiger partial charge in [-0.25, -0.2) is 14.8 Å². The predicted octanol–water partition coefficient (Wildman–Crippen LogP) is 2.18. The normalized spacial score (nSPS) is 13.4. The van der Waals surface area contributed by atoms with E-state index in [9.17, 15) is 19.2 Å². The summed E-state index contributed by atoms with van der Waals surface area (Å²) in [5.74, 6) is -0.623. The Morgan fingerprint density at radius 2 is 1.98 bits per heavy atom. The number of anilines is 2. The van der Waals surface area contributed by atoms with Crippen molar-refractivity contribution in [2.75, 3.05) is 32.6 Å². The number of aryl methyl sites for hydroxylation is 1. The number of primary amides is 1. The first-order valence-corrected chi connectivity index (χ1v) is 13.3. The van der Waals surface area contributed by atoms with Gasteiger partial charge in [0, 0.05) is 38.3 Å². The zero-order chi connectivity index (χ0) is 29.2. The molecule has 1 aromatic heterocycles. The SMILES string of the molecule is CCc1nc(C(N)=O)c(Nc2cccc(CCNC(=O)C(C)N(C)C(=O)C=CCOC(=O)NC)c2)nc1C1CC1. The van der Waals surface area contributed by atoms with Crippen molar-refractivity contribution in [2.45, 2.75) is 51.5 Å². The molecule has 1 atom stereocenters. The fourth-order valence-electron chi connectivity index (χ4n) is 3.93. The number of nitrogens with two attached hydrogens (primary N) is 1. The molecule has 4 amide bonds. The molecule has 0 aliphatic heterocycles. The number of nitrogens with one attached hydrogen (secondary N) is 3. The molecule has 1 aliphatic carbocycles. The highest BCUT2D eigenvalue weighted by molar-refractivity contribution is 5.96. The minimum Gasteiger partial charge on any atom is -0.445 e. The zero-order valence-corrected chi connectivity index (χ0v) is 23.3. The van der Waals surface area contributed by atoms with Gasteiger partial charge in [0.1, 0.15) is 12.6 Å². The molecule has 2 aromatic rings. The molecule has 214 valence electrons. The summed E-state index contributed by atoms with van der Waals surface area (Å²) in [6.07, 6.45) is 5.40. The van der Waals surface area contributed by atoms with Gasteiger partial charge in [-0.15, -0.1) is 0 Å². The maximum Gasteiger partial charge on any atom is 0.407 e. The van der Waals surface area contributed by atoms with Gasteiger partial charge < -0.3 is 31.3 Å². The van der Waals surface area contributed by atoms with E-state index in [1.165, 1.54) is 31.1 Å². The highest BCUT2D eigenvalue weighted by Crippen LogP contribution is 2.41. The first kappa shape index (κ1) is 30.1. The van der Waals surface area contributed by atoms with Gasteiger partial charge in [0.25, 0.3) is 5.91 Å². The second-order valence-electron chi connectivity index (χ2n) is 9.49. The van der Waals surface area contributed by atoms with Crippen LogP contribution in [0.5, 0.6) is 0 Å². The van der Waals surface area contributed by atoms with Crippen LogP contribution in [-0.4, -0.2) is 72.0 Å². The molecule has 3 rings (SSSR count). The summed E-state index contributed by atoms with van der Waals surface area (Å²) in [5.41, 5.74) is 9.10. The number of amides is 4. The third-order valence-corrected chi connectivity index (χ3v) is 6.52. The van der Waals surface area contributed by atoms with E-state index in [0.29, 0.717) is 31.1 Å². The third kappa shape index (κ3) is 8.26. The van der Waals surface area contributed by atoms with E-state index >= 15 is 0 Å². The number of carbonyl (C=O) groups excluding carboxylic acids is 4. The Morgan fingerprint density at radius 1 is 1.23 bits per heavy atom. The molecule has 1 aromatic carbocycles. The average molecular weight is 552 g/mol. The zero-order valence-electron chi connectivity index (χ0n) is 23.3. The van der Waals surface area contributed by atoms with Crippen LogP contribution in [0, 0.1) is 0 Å². The minimum absolute atomic E-state index is 0.0596. The summed E-state index contributed by atoms with van der Waals surface area (Å²) in [6.45, 7) is 3.91. The van der Waals surface area contributed by atoms with Gasteiger partial charge in [-0.05, 0) is 56.4 Å². The maximum atomic E-state index is 12.6. The Kier molecular flexibility index (Phi) is 10.6. The highest BCUT2D eigenvalue weighted by atomic mass is 16.5. The quantitative estimate of drug-likeness (QED) is 0.275. The van der Waals surface area contributed by atoms with Gasteiger partial charge in [0.2, 0.25) is 11.8 Å². The standard InChI is InChI=1S/C28H37N7O5/c1-5-21-23(19-11-12-19)34-26(24(33-21)25(29)37)32-20-9-6-8-18(16-20)13-14-31-27(38)17(2)35(4)22(36)10-7-15-40-28(39)30-3/h6-10,16-17,19H,5,11-15H2,1-4H3,(H2,29,37)(H,30,39)(H,31,38)(H,32,34). The number of alkyl carbamates (subject to hydrolysis) is 1. The topological polar surface area (TPSA) is 169 Å². The fraction of sp³-hybridized carbons (Fsp3) is 0.429. The smallest absolute Gasteiger partial charge is 0.407 e. The minimum atomic E-state index is -0.706. The summed E-state index contributed by atoms with van der Waals surface area (Å²) in [5, 5.41) is 8.35. The van der Waals surface area contributed by atoms with Crippen molar-refractivity contribution in [3.05, 3.63) is 59.1 Å². The van der Waals surface area contributed by atoms with E-state index in [0.717, 1.165) is 35.5 Å². The van der Waals surface area contributed by atoms with Crippen LogP contribution >= 0.6 is 0 Å². The second kappa shape index (κ2) is 14.1. The molecule has 0 radical (unpaired) electrons. The number of aromatic nitrogens is 2. The number of hydrogen-bond acceptors (Lipinski definition) is 8. The molecule has 0 spiro atoms. The lowest BCUT2D eigenvalue weighted by atomic mass is 10.1. The van der Waals surface area contributed by atoms with E-state index in [1.807, 2.05) is 31.2 Å². The lowest BCUT2D eigenvalue weighted by Gasteiger charge is -2.23. The van der Waals surface area contributed by atoms with Crippen LogP contribution < -0.4 is 21.7 Å². The van der Waals surface area contributed by atoms with Gasteiger partial charge in [0.15, 0.2) is 11.5 Å². The molecule has 1 aliphatic rings. The van der Waals surface area contributed by atoms with Crippen LogP contribution in [0.1, 0.15) is 60.0 Å². The van der Waals surface area contributed by atoms with Crippen molar-refractivity contribution in [3.8, 4) is 0 Å². The van der Waals surface area contributed by atoms with E-state index < -0.39 is 23.9 Å². The number of rotatable bonds is 13. The van der Waals surface area contributed by atoms with Gasteiger partial charge in [-0.1, -0.05) is 19.1 Å². The predicted molar refractivity (Wildman–Crippen MR) is 150 cm³/mol. The Balaban J connectivity index is 1.56. The Bertz CT molecular complexity index is 1280. The first-order chi connectivity index (χ1) is 19.1. The van der Waals surface area contributed by atoms with Crippen LogP contribution in [-0.2, 0) is 27.2 Å². The van der Waals surface area contributed by atoms with E-state index in [4.69, 9.17) is 15.5 Å².